The lowest BCUT2D eigenvalue weighted by Gasteiger charge is -2.21. The monoisotopic (exact) mass is 1950 g/mol. The van der Waals surface area contributed by atoms with E-state index < -0.39 is 243 Å². The van der Waals surface area contributed by atoms with Gasteiger partial charge in [-0.1, -0.05) is 115 Å². The van der Waals surface area contributed by atoms with E-state index in [1.807, 2.05) is 27.7 Å². The molecule has 0 aliphatic heterocycles. The van der Waals surface area contributed by atoms with Crippen LogP contribution in [-0.4, -0.2) is 0 Å². The second-order valence-electron chi connectivity index (χ2n) is 30.7. The van der Waals surface area contributed by atoms with E-state index in [0.29, 0.717) is 72.4 Å². The predicted molar refractivity (Wildman–Crippen MR) is 422 cm³/mol. The van der Waals surface area contributed by atoms with Gasteiger partial charge in [-0.25, -0.2) is 92.2 Å². The van der Waals surface area contributed by atoms with Crippen LogP contribution in [0.5, 0.6) is 17.2 Å². The first kappa shape index (κ1) is 105. The smallest absolute Gasteiger partial charge is 0.429 e. The number of hydrogen-bond acceptors (Lipinski definition) is 3. The zero-order valence-corrected chi connectivity index (χ0v) is 69.7. The summed E-state index contributed by atoms with van der Waals surface area (Å²) < 4.78 is 521. The maximum absolute atomic E-state index is 15.1. The molecule has 0 heterocycles. The Morgan fingerprint density at radius 1 is 0.222 bits per heavy atom. The third-order valence-electron chi connectivity index (χ3n) is 20.7. The molecule has 0 aliphatic carbocycles. The van der Waals surface area contributed by atoms with Gasteiger partial charge in [-0.15, -0.1) is 0 Å². The molecule has 0 radical (unpaired) electrons. The Kier molecular flexibility index (Phi) is 32.7. The molecule has 0 spiro atoms. The van der Waals surface area contributed by atoms with E-state index in [0.717, 1.165) is 64.2 Å². The normalized spacial score (nSPS) is 12.4. The highest BCUT2D eigenvalue weighted by atomic mass is 19.4. The molecule has 1 atom stereocenters. The predicted octanol–water partition coefficient (Wildman–Crippen LogP) is 33.6. The van der Waals surface area contributed by atoms with Gasteiger partial charge < -0.3 is 14.2 Å². The average Bonchev–Trinajstić information content (AvgIpc) is 0.767. The Balaban J connectivity index is 0.000000210. The van der Waals surface area contributed by atoms with Crippen molar-refractivity contribution < 1.29 is 172 Å². The van der Waals surface area contributed by atoms with E-state index in [2.05, 4.69) is 14.2 Å². The van der Waals surface area contributed by atoms with Gasteiger partial charge in [0, 0.05) is 53.1 Å². The highest BCUT2D eigenvalue weighted by molar-refractivity contribution is 5.76. The zero-order valence-electron chi connectivity index (χ0n) is 69.7. The fourth-order valence-electron chi connectivity index (χ4n) is 14.4. The van der Waals surface area contributed by atoms with Crippen LogP contribution >= 0.6 is 0 Å². The zero-order chi connectivity index (χ0) is 100.0. The number of alkyl halides is 15. The molecule has 0 aliphatic rings. The van der Waals surface area contributed by atoms with Crippen molar-refractivity contribution in [2.24, 2.45) is 5.92 Å². The average molecular weight is 1950 g/mol. The van der Waals surface area contributed by atoms with Gasteiger partial charge in [-0.2, -0.15) is 65.9 Å². The first-order valence-corrected chi connectivity index (χ1v) is 40.2. The van der Waals surface area contributed by atoms with Crippen LogP contribution in [0.2, 0.25) is 0 Å². The lowest BCUT2D eigenvalue weighted by atomic mass is 9.93. The Morgan fingerprint density at radius 3 is 0.674 bits per heavy atom. The van der Waals surface area contributed by atoms with Gasteiger partial charge in [0.2, 0.25) is 0 Å². The SMILES string of the molecule is CCCCC(C)Cc1ccc(-c2cc(F)c(-c3cc(F)c(C(F)(F)Oc4cc(F)c(C(F)(F)F)c(F)c4)c(F)c3)c(F)c2)c(F)c1.CCCCCCc1ccc(-c2cc(F)c(-c3cc(F)c(C(F)(F)Oc4cc(F)c(C(F)(F)F)c(F)c4)c(F)c3)c(F)c2)c(F)c1.CCCCCc1ccc(-c2cc(F)c(-c3cc(F)c(C(F)(F)Oc4cc(F)c(C(F)(F)F)c(F)c4)c(F)c3)c(F)c2)c(F)c1. The van der Waals surface area contributed by atoms with E-state index in [-0.39, 0.29) is 112 Å². The molecule has 135 heavy (non-hydrogen) atoms. The van der Waals surface area contributed by atoms with Crippen molar-refractivity contribution in [3.8, 4) is 84.0 Å². The van der Waals surface area contributed by atoms with Gasteiger partial charge in [-0.05, 0) is 179 Å². The van der Waals surface area contributed by atoms with E-state index in [9.17, 15) is 132 Å². The molecular weight excluding hydrogens is 1880 g/mol. The Hall–Kier alpha value is -12.5. The maximum Gasteiger partial charge on any atom is 0.432 e. The quantitative estimate of drug-likeness (QED) is 0.0345. The Labute approximate surface area is 743 Å². The number of rotatable bonds is 29. The van der Waals surface area contributed by atoms with E-state index in [4.69, 9.17) is 0 Å². The first-order valence-electron chi connectivity index (χ1n) is 40.2. The van der Waals surface area contributed by atoms with Crippen LogP contribution in [0.4, 0.5) is 158 Å². The second-order valence-corrected chi connectivity index (χ2v) is 30.7. The van der Waals surface area contributed by atoms with Crippen LogP contribution in [0.25, 0.3) is 66.8 Å². The Bertz CT molecular complexity index is 6150. The van der Waals surface area contributed by atoms with E-state index in [1.165, 1.54) is 36.4 Å². The van der Waals surface area contributed by atoms with Crippen molar-refractivity contribution in [2.45, 2.75) is 148 Å². The Morgan fingerprint density at radius 2 is 0.437 bits per heavy atom. The summed E-state index contributed by atoms with van der Waals surface area (Å²) >= 11 is 0. The molecule has 0 saturated heterocycles. The van der Waals surface area contributed by atoms with Crippen LogP contribution in [0, 0.1) is 128 Å². The summed E-state index contributed by atoms with van der Waals surface area (Å²) in [6.45, 7) is 8.10. The molecule has 12 aromatic rings. The fourth-order valence-corrected chi connectivity index (χ4v) is 14.4. The van der Waals surface area contributed by atoms with Crippen molar-refractivity contribution in [3.05, 3.63) is 336 Å². The fraction of sp³-hybridized carbons (Fsp3) is 0.250. The van der Waals surface area contributed by atoms with Crippen LogP contribution in [0.1, 0.15) is 142 Å². The summed E-state index contributed by atoms with van der Waals surface area (Å²) in [7, 11) is 0. The third kappa shape index (κ3) is 24.8. The minimum Gasteiger partial charge on any atom is -0.429 e. The second kappa shape index (κ2) is 42.2. The molecule has 0 fully saturated rings. The molecule has 0 N–H and O–H groups in total. The molecule has 12 aromatic carbocycles. The highest BCUT2D eigenvalue weighted by Crippen LogP contribution is 2.48. The number of benzene rings is 12. The van der Waals surface area contributed by atoms with Gasteiger partial charge >= 0.3 is 36.9 Å². The van der Waals surface area contributed by atoms with Crippen molar-refractivity contribution in [3.63, 3.8) is 0 Å². The topological polar surface area (TPSA) is 27.7 Å². The van der Waals surface area contributed by atoms with Crippen LogP contribution in [0.15, 0.2) is 164 Å². The van der Waals surface area contributed by atoms with Gasteiger partial charge in [0.1, 0.15) is 173 Å². The minimum atomic E-state index is -5.53. The van der Waals surface area contributed by atoms with Gasteiger partial charge in [0.15, 0.2) is 0 Å². The van der Waals surface area contributed by atoms with Gasteiger partial charge in [0.25, 0.3) is 0 Å². The first-order chi connectivity index (χ1) is 63.0. The summed E-state index contributed by atoms with van der Waals surface area (Å²) in [6, 6.07) is 15.7. The van der Waals surface area contributed by atoms with E-state index in [1.54, 1.807) is 18.2 Å². The van der Waals surface area contributed by atoms with Crippen molar-refractivity contribution >= 4 is 0 Å². The maximum atomic E-state index is 15.1. The number of unbranched alkanes of at least 4 members (excludes halogenated alkanes) is 6. The minimum absolute atomic E-state index is 0.121. The third-order valence-corrected chi connectivity index (χ3v) is 20.7. The van der Waals surface area contributed by atoms with Crippen LogP contribution < -0.4 is 14.2 Å². The molecule has 12 rings (SSSR count). The summed E-state index contributed by atoms with van der Waals surface area (Å²) in [6.07, 6.45) is -20.6. The summed E-state index contributed by atoms with van der Waals surface area (Å²) in [5.74, 6) is -41.9. The lowest BCUT2D eigenvalue weighted by molar-refractivity contribution is -0.190. The summed E-state index contributed by atoms with van der Waals surface area (Å²) in [5.41, 5.74) is -18.8. The van der Waals surface area contributed by atoms with Gasteiger partial charge in [0.05, 0.1) is 16.7 Å². The van der Waals surface area contributed by atoms with Gasteiger partial charge in [-0.3, -0.25) is 0 Å². The van der Waals surface area contributed by atoms with E-state index >= 15 is 26.3 Å². The number of aryl methyl sites for hydroxylation is 2. The summed E-state index contributed by atoms with van der Waals surface area (Å²) in [4.78, 5) is 0. The number of hydrogen-bond donors (Lipinski definition) is 0. The number of halogens is 36. The molecule has 0 aromatic heterocycles. The molecule has 39 heteroatoms. The molecule has 0 amide bonds. The summed E-state index contributed by atoms with van der Waals surface area (Å²) in [5, 5.41) is 0. The largest absolute Gasteiger partial charge is 0.432 e. The molecule has 720 valence electrons. The number of ether oxygens (including phenoxy) is 3. The molecule has 1 unspecified atom stereocenters. The van der Waals surface area contributed by atoms with Crippen molar-refractivity contribution in [1.29, 1.82) is 0 Å². The van der Waals surface area contributed by atoms with Crippen LogP contribution in [0.3, 0.4) is 0 Å². The van der Waals surface area contributed by atoms with Crippen molar-refractivity contribution in [2.75, 3.05) is 0 Å². The molecule has 0 bridgehead atoms. The van der Waals surface area contributed by atoms with Crippen molar-refractivity contribution in [1.82, 2.24) is 0 Å². The standard InChI is InChI=1S/C33H24F12O.C32H22F12O.C31H20F12O/c1-3-4-5-16(2)8-17-6-7-21(22(34)9-17)18-10-23(35)29(24(36)11-18)19-12-25(37)31(26(38)13-19)33(44,45)46-20-14-27(39)30(28(40)15-20)32(41,42)43;1-2-3-4-5-6-16-7-8-20(21(33)9-16)17-10-22(34)28(23(35)11-17)18-12-24(36)30(25(37)13-18)32(43,44)45-19-14-26(38)29(27(39)15-19)31(40,41)42;1-2-3-4-5-15-6-7-19(20(32)8-15)16-9-21(33)27(22(34)10-16)17-11-23(35)29(24(36)12-17)31(42,43)44-18-13-25(37)28(26(38)14-18)30(39,40)41/h6-7,9-16H,3-5,8H2,1-2H3;7-15H,2-6H2,1H3;6-14H,2-5H2,1H3. The highest BCUT2D eigenvalue weighted by Gasteiger charge is 2.48. The molecule has 3 nitrogen and oxygen atoms in total. The molecular formula is C96H66F36O3. The molecule has 0 saturated carbocycles. The lowest BCUT2D eigenvalue weighted by Crippen LogP contribution is -2.25. The van der Waals surface area contributed by atoms with Crippen LogP contribution in [-0.2, 0) is 56.1 Å².